The SMILES string of the molecule is CCN1CCCCN(Cc2ccccc2Br)C1. The molecule has 0 spiro atoms. The second-order valence-corrected chi connectivity index (χ2v) is 5.56. The van der Waals surface area contributed by atoms with Crippen LogP contribution in [0.25, 0.3) is 0 Å². The zero-order chi connectivity index (χ0) is 12.1. The third kappa shape index (κ3) is 3.80. The van der Waals surface area contributed by atoms with Crippen molar-refractivity contribution in [3.05, 3.63) is 34.3 Å². The van der Waals surface area contributed by atoms with Crippen molar-refractivity contribution in [2.45, 2.75) is 26.3 Å². The molecule has 2 rings (SSSR count). The smallest absolute Gasteiger partial charge is 0.0509 e. The minimum atomic E-state index is 1.05. The molecule has 0 saturated carbocycles. The van der Waals surface area contributed by atoms with Gasteiger partial charge in [-0.1, -0.05) is 41.1 Å². The van der Waals surface area contributed by atoms with Crippen LogP contribution in [0.1, 0.15) is 25.3 Å². The first-order valence-corrected chi connectivity index (χ1v) is 7.27. The fourth-order valence-electron chi connectivity index (χ4n) is 2.35. The van der Waals surface area contributed by atoms with Crippen LogP contribution in [0.15, 0.2) is 28.7 Å². The Hall–Kier alpha value is -0.380. The lowest BCUT2D eigenvalue weighted by Gasteiger charge is -2.26. The molecule has 0 unspecified atom stereocenters. The van der Waals surface area contributed by atoms with Crippen LogP contribution in [0.5, 0.6) is 0 Å². The van der Waals surface area contributed by atoms with Crippen molar-refractivity contribution in [2.75, 3.05) is 26.3 Å². The zero-order valence-corrected chi connectivity index (χ0v) is 12.1. The largest absolute Gasteiger partial charge is 0.291 e. The van der Waals surface area contributed by atoms with Gasteiger partial charge in [0.05, 0.1) is 6.67 Å². The van der Waals surface area contributed by atoms with E-state index >= 15 is 0 Å². The summed E-state index contributed by atoms with van der Waals surface area (Å²) in [6.07, 6.45) is 2.65. The highest BCUT2D eigenvalue weighted by molar-refractivity contribution is 9.10. The van der Waals surface area contributed by atoms with Gasteiger partial charge in [0.2, 0.25) is 0 Å². The Kier molecular flexibility index (Phi) is 5.01. The van der Waals surface area contributed by atoms with Crippen molar-refractivity contribution in [1.29, 1.82) is 0 Å². The lowest BCUT2D eigenvalue weighted by atomic mass is 10.2. The number of hydrogen-bond donors (Lipinski definition) is 0. The van der Waals surface area contributed by atoms with Gasteiger partial charge >= 0.3 is 0 Å². The molecule has 0 amide bonds. The minimum Gasteiger partial charge on any atom is -0.291 e. The summed E-state index contributed by atoms with van der Waals surface area (Å²) in [5.41, 5.74) is 1.39. The van der Waals surface area contributed by atoms with Crippen LogP contribution in [0.2, 0.25) is 0 Å². The van der Waals surface area contributed by atoms with E-state index in [1.54, 1.807) is 0 Å². The highest BCUT2D eigenvalue weighted by Gasteiger charge is 2.15. The Morgan fingerprint density at radius 2 is 1.82 bits per heavy atom. The number of nitrogens with zero attached hydrogens (tertiary/aromatic N) is 2. The maximum atomic E-state index is 3.63. The molecule has 0 aliphatic carbocycles. The van der Waals surface area contributed by atoms with Gasteiger partial charge in [0.1, 0.15) is 0 Å². The summed E-state index contributed by atoms with van der Waals surface area (Å²) in [5.74, 6) is 0. The Balaban J connectivity index is 2.00. The molecule has 1 heterocycles. The van der Waals surface area contributed by atoms with E-state index in [1.165, 1.54) is 36.0 Å². The predicted molar refractivity (Wildman–Crippen MR) is 75.9 cm³/mol. The molecule has 17 heavy (non-hydrogen) atoms. The normalized spacial score (nSPS) is 19.2. The molecule has 0 bridgehead atoms. The topological polar surface area (TPSA) is 6.48 Å². The second kappa shape index (κ2) is 6.53. The maximum Gasteiger partial charge on any atom is 0.0509 e. The quantitative estimate of drug-likeness (QED) is 0.844. The maximum absolute atomic E-state index is 3.63. The molecule has 3 heteroatoms. The summed E-state index contributed by atoms with van der Waals surface area (Å²) >= 11 is 3.63. The Labute approximate surface area is 113 Å². The summed E-state index contributed by atoms with van der Waals surface area (Å²) in [6.45, 7) is 8.05. The van der Waals surface area contributed by atoms with E-state index in [0.717, 1.165) is 19.8 Å². The van der Waals surface area contributed by atoms with Gasteiger partial charge in [-0.15, -0.1) is 0 Å². The van der Waals surface area contributed by atoms with E-state index in [0.29, 0.717) is 0 Å². The first-order valence-electron chi connectivity index (χ1n) is 6.47. The third-order valence-corrected chi connectivity index (χ3v) is 4.17. The van der Waals surface area contributed by atoms with Crippen LogP contribution in [0.3, 0.4) is 0 Å². The summed E-state index contributed by atoms with van der Waals surface area (Å²) in [6, 6.07) is 8.54. The van der Waals surface area contributed by atoms with E-state index in [-0.39, 0.29) is 0 Å². The molecule has 1 fully saturated rings. The van der Waals surface area contributed by atoms with E-state index < -0.39 is 0 Å². The summed E-state index contributed by atoms with van der Waals surface area (Å²) in [5, 5.41) is 0. The molecular weight excluding hydrogens is 276 g/mol. The second-order valence-electron chi connectivity index (χ2n) is 4.70. The van der Waals surface area contributed by atoms with Gasteiger partial charge in [0.25, 0.3) is 0 Å². The molecule has 2 nitrogen and oxygen atoms in total. The third-order valence-electron chi connectivity index (χ3n) is 3.40. The molecule has 1 aromatic rings. The van der Waals surface area contributed by atoms with Crippen LogP contribution in [0, 0.1) is 0 Å². The molecule has 94 valence electrons. The summed E-state index contributed by atoms with van der Waals surface area (Å²) in [4.78, 5) is 5.08. The molecule has 1 saturated heterocycles. The fourth-order valence-corrected chi connectivity index (χ4v) is 2.76. The van der Waals surface area contributed by atoms with Gasteiger partial charge in [-0.3, -0.25) is 9.80 Å². The molecule has 0 radical (unpaired) electrons. The highest BCUT2D eigenvalue weighted by Crippen LogP contribution is 2.19. The van der Waals surface area contributed by atoms with E-state index in [4.69, 9.17) is 0 Å². The average molecular weight is 297 g/mol. The zero-order valence-electron chi connectivity index (χ0n) is 10.5. The first kappa shape index (κ1) is 13.1. The Bertz CT molecular complexity index is 354. The van der Waals surface area contributed by atoms with E-state index in [2.05, 4.69) is 56.9 Å². The van der Waals surface area contributed by atoms with Crippen LogP contribution >= 0.6 is 15.9 Å². The van der Waals surface area contributed by atoms with Crippen molar-refractivity contribution < 1.29 is 0 Å². The first-order chi connectivity index (χ1) is 8.29. The Morgan fingerprint density at radius 3 is 2.53 bits per heavy atom. The minimum absolute atomic E-state index is 1.05. The lowest BCUT2D eigenvalue weighted by molar-refractivity contribution is 0.154. The number of halogens is 1. The molecule has 0 N–H and O–H groups in total. The molecule has 0 aromatic heterocycles. The van der Waals surface area contributed by atoms with Gasteiger partial charge in [0.15, 0.2) is 0 Å². The van der Waals surface area contributed by atoms with Crippen molar-refractivity contribution >= 4 is 15.9 Å². The molecular formula is C14H21BrN2. The van der Waals surface area contributed by atoms with Gasteiger partial charge in [-0.25, -0.2) is 0 Å². The average Bonchev–Trinajstić information content (AvgIpc) is 2.57. The van der Waals surface area contributed by atoms with Crippen molar-refractivity contribution in [2.24, 2.45) is 0 Å². The fraction of sp³-hybridized carbons (Fsp3) is 0.571. The molecule has 1 aliphatic heterocycles. The molecule has 1 aromatic carbocycles. The van der Waals surface area contributed by atoms with Crippen molar-refractivity contribution in [1.82, 2.24) is 9.80 Å². The highest BCUT2D eigenvalue weighted by atomic mass is 79.9. The Morgan fingerprint density at radius 1 is 1.12 bits per heavy atom. The van der Waals surface area contributed by atoms with Crippen LogP contribution in [0.4, 0.5) is 0 Å². The number of hydrogen-bond acceptors (Lipinski definition) is 2. The standard InChI is InChI=1S/C14H21BrN2/c1-2-16-9-5-6-10-17(12-16)11-13-7-3-4-8-14(13)15/h3-4,7-8H,2,5-6,9-12H2,1H3. The van der Waals surface area contributed by atoms with Crippen LogP contribution in [-0.4, -0.2) is 36.1 Å². The van der Waals surface area contributed by atoms with Gasteiger partial charge in [-0.05, 0) is 44.1 Å². The van der Waals surface area contributed by atoms with Gasteiger partial charge in [0, 0.05) is 11.0 Å². The van der Waals surface area contributed by atoms with Crippen molar-refractivity contribution in [3.63, 3.8) is 0 Å². The molecule has 1 aliphatic rings. The number of benzene rings is 1. The summed E-state index contributed by atoms with van der Waals surface area (Å²) in [7, 11) is 0. The monoisotopic (exact) mass is 296 g/mol. The van der Waals surface area contributed by atoms with Crippen LogP contribution < -0.4 is 0 Å². The number of rotatable bonds is 3. The molecule has 0 atom stereocenters. The predicted octanol–water partition coefficient (Wildman–Crippen LogP) is 3.32. The van der Waals surface area contributed by atoms with Gasteiger partial charge < -0.3 is 0 Å². The van der Waals surface area contributed by atoms with Crippen LogP contribution in [-0.2, 0) is 6.54 Å². The van der Waals surface area contributed by atoms with Crippen molar-refractivity contribution in [3.8, 4) is 0 Å². The summed E-state index contributed by atoms with van der Waals surface area (Å²) < 4.78 is 1.23. The van der Waals surface area contributed by atoms with E-state index in [9.17, 15) is 0 Å². The lowest BCUT2D eigenvalue weighted by Crippen LogP contribution is -2.35. The van der Waals surface area contributed by atoms with Gasteiger partial charge in [-0.2, -0.15) is 0 Å². The van der Waals surface area contributed by atoms with E-state index in [1.807, 2.05) is 0 Å².